The zero-order valence-electron chi connectivity index (χ0n) is 12.7. The second-order valence-electron chi connectivity index (χ2n) is 5.52. The maximum Gasteiger partial charge on any atom is 0.236 e. The molecule has 1 aromatic carbocycles. The van der Waals surface area contributed by atoms with Gasteiger partial charge in [0, 0.05) is 7.05 Å². The van der Waals surface area contributed by atoms with Gasteiger partial charge >= 0.3 is 0 Å². The summed E-state index contributed by atoms with van der Waals surface area (Å²) in [7, 11) is 1.92. The molecule has 0 fully saturated rings. The Morgan fingerprint density at radius 2 is 2.27 bits per heavy atom. The van der Waals surface area contributed by atoms with Gasteiger partial charge in [-0.1, -0.05) is 47.4 Å². The first-order valence-corrected chi connectivity index (χ1v) is 9.20. The minimum atomic E-state index is -0.146. The van der Waals surface area contributed by atoms with Crippen LogP contribution in [-0.4, -0.2) is 33.3 Å². The molecule has 3 rings (SSSR count). The van der Waals surface area contributed by atoms with Gasteiger partial charge in [0.2, 0.25) is 5.91 Å². The van der Waals surface area contributed by atoms with Gasteiger partial charge in [-0.05, 0) is 37.3 Å². The molecule has 0 radical (unpaired) electrons. The van der Waals surface area contributed by atoms with Crippen LogP contribution in [0.1, 0.15) is 36.9 Å². The lowest BCUT2D eigenvalue weighted by molar-refractivity contribution is -0.131. The van der Waals surface area contributed by atoms with E-state index in [1.165, 1.54) is 34.2 Å². The second-order valence-corrected chi connectivity index (χ2v) is 7.94. The average Bonchev–Trinajstić information content (AvgIpc) is 3.05. The highest BCUT2D eigenvalue weighted by Crippen LogP contribution is 2.35. The molecule has 0 aliphatic heterocycles. The van der Waals surface area contributed by atoms with E-state index in [0.717, 1.165) is 23.6 Å². The molecule has 1 aromatic heterocycles. The van der Waals surface area contributed by atoms with Crippen LogP contribution in [0.15, 0.2) is 34.1 Å². The molecule has 0 unspecified atom stereocenters. The maximum absolute atomic E-state index is 12.7. The number of benzene rings is 1. The van der Waals surface area contributed by atoms with Crippen molar-refractivity contribution in [3.63, 3.8) is 0 Å². The lowest BCUT2D eigenvalue weighted by Gasteiger charge is -2.34. The molecule has 1 aliphatic carbocycles. The van der Waals surface area contributed by atoms with Crippen molar-refractivity contribution in [3.05, 3.63) is 40.9 Å². The van der Waals surface area contributed by atoms with E-state index < -0.39 is 0 Å². The number of aromatic nitrogens is 2. The topological polar surface area (TPSA) is 46.1 Å². The molecule has 0 spiro atoms. The quantitative estimate of drug-likeness (QED) is 0.803. The standard InChI is InChI=1S/C16H19N3OS2/c1-11(22-16-18-17-10-21-16)15(20)19(2)14-9-5-7-12-6-3-4-8-13(12)14/h3-4,6,8,10-11,14H,5,7,9H2,1-2H3/t11-,14+/m0/s1. The third kappa shape index (κ3) is 3.17. The normalized spacial score (nSPS) is 18.5. The van der Waals surface area contributed by atoms with Crippen molar-refractivity contribution in [2.45, 2.75) is 41.8 Å². The molecule has 2 aromatic rings. The molecule has 2 atom stereocenters. The first-order valence-electron chi connectivity index (χ1n) is 7.44. The Kier molecular flexibility index (Phi) is 4.78. The molecule has 116 valence electrons. The molecule has 0 bridgehead atoms. The summed E-state index contributed by atoms with van der Waals surface area (Å²) in [5.74, 6) is 0.155. The molecule has 1 aliphatic rings. The van der Waals surface area contributed by atoms with Crippen LogP contribution >= 0.6 is 23.1 Å². The van der Waals surface area contributed by atoms with Gasteiger partial charge in [0.25, 0.3) is 0 Å². The number of hydrogen-bond donors (Lipinski definition) is 0. The van der Waals surface area contributed by atoms with E-state index in [1.807, 2.05) is 18.9 Å². The lowest BCUT2D eigenvalue weighted by Crippen LogP contribution is -2.37. The number of hydrogen-bond acceptors (Lipinski definition) is 5. The fourth-order valence-electron chi connectivity index (χ4n) is 2.99. The fourth-order valence-corrected chi connectivity index (χ4v) is 4.71. The van der Waals surface area contributed by atoms with Crippen molar-refractivity contribution < 1.29 is 4.79 Å². The van der Waals surface area contributed by atoms with Crippen molar-refractivity contribution in [2.75, 3.05) is 7.05 Å². The third-order valence-corrected chi connectivity index (χ3v) is 6.02. The summed E-state index contributed by atoms with van der Waals surface area (Å²) in [6.45, 7) is 1.94. The summed E-state index contributed by atoms with van der Waals surface area (Å²) in [6.07, 6.45) is 3.29. The van der Waals surface area contributed by atoms with E-state index >= 15 is 0 Å². The van der Waals surface area contributed by atoms with E-state index in [4.69, 9.17) is 0 Å². The van der Waals surface area contributed by atoms with Gasteiger partial charge < -0.3 is 4.90 Å². The largest absolute Gasteiger partial charge is 0.338 e. The van der Waals surface area contributed by atoms with Crippen LogP contribution in [0.4, 0.5) is 0 Å². The highest BCUT2D eigenvalue weighted by Gasteiger charge is 2.29. The molecule has 6 heteroatoms. The zero-order chi connectivity index (χ0) is 15.5. The fraction of sp³-hybridized carbons (Fsp3) is 0.438. The molecule has 1 amide bonds. The van der Waals surface area contributed by atoms with Crippen LogP contribution in [-0.2, 0) is 11.2 Å². The van der Waals surface area contributed by atoms with Gasteiger partial charge in [-0.25, -0.2) is 0 Å². The minimum absolute atomic E-state index is 0.146. The molecule has 22 heavy (non-hydrogen) atoms. The van der Waals surface area contributed by atoms with Crippen LogP contribution in [0, 0.1) is 0 Å². The van der Waals surface area contributed by atoms with Crippen LogP contribution in [0.25, 0.3) is 0 Å². The van der Waals surface area contributed by atoms with Crippen molar-refractivity contribution in [1.82, 2.24) is 15.1 Å². The Balaban J connectivity index is 1.73. The summed E-state index contributed by atoms with van der Waals surface area (Å²) in [4.78, 5) is 14.7. The monoisotopic (exact) mass is 333 g/mol. The molecular weight excluding hydrogens is 314 g/mol. The van der Waals surface area contributed by atoms with E-state index in [0.29, 0.717) is 0 Å². The molecule has 1 heterocycles. The predicted molar refractivity (Wildman–Crippen MR) is 90.1 cm³/mol. The average molecular weight is 333 g/mol. The number of aryl methyl sites for hydroxylation is 1. The number of rotatable bonds is 4. The number of carbonyl (C=O) groups excluding carboxylic acids is 1. The SMILES string of the molecule is C[C@H](Sc1nncs1)C(=O)N(C)[C@@H]1CCCc2ccccc21. The minimum Gasteiger partial charge on any atom is -0.338 e. The van der Waals surface area contributed by atoms with Crippen molar-refractivity contribution >= 4 is 29.0 Å². The van der Waals surface area contributed by atoms with Crippen molar-refractivity contribution in [1.29, 1.82) is 0 Å². The van der Waals surface area contributed by atoms with Gasteiger partial charge in [0.05, 0.1) is 11.3 Å². The van der Waals surface area contributed by atoms with Crippen LogP contribution in [0.5, 0.6) is 0 Å². The van der Waals surface area contributed by atoms with Gasteiger partial charge in [0.15, 0.2) is 4.34 Å². The Hall–Kier alpha value is -1.40. The highest BCUT2D eigenvalue weighted by molar-refractivity contribution is 8.02. The summed E-state index contributed by atoms with van der Waals surface area (Å²) >= 11 is 2.96. The number of fused-ring (bicyclic) bond motifs is 1. The number of thioether (sulfide) groups is 1. The second kappa shape index (κ2) is 6.79. The van der Waals surface area contributed by atoms with Crippen molar-refractivity contribution in [2.24, 2.45) is 0 Å². The van der Waals surface area contributed by atoms with E-state index in [9.17, 15) is 4.79 Å². The molecule has 0 saturated carbocycles. The van der Waals surface area contributed by atoms with Gasteiger partial charge in [-0.15, -0.1) is 10.2 Å². The zero-order valence-corrected chi connectivity index (χ0v) is 14.4. The number of carbonyl (C=O) groups is 1. The smallest absolute Gasteiger partial charge is 0.236 e. The van der Waals surface area contributed by atoms with Crippen molar-refractivity contribution in [3.8, 4) is 0 Å². The predicted octanol–water partition coefficient (Wildman–Crippen LogP) is 3.55. The molecule has 0 saturated heterocycles. The van der Waals surface area contributed by atoms with Crippen LogP contribution < -0.4 is 0 Å². The Morgan fingerprint density at radius 1 is 1.45 bits per heavy atom. The first-order chi connectivity index (χ1) is 10.7. The molecule has 4 nitrogen and oxygen atoms in total. The van der Waals surface area contributed by atoms with Crippen LogP contribution in [0.3, 0.4) is 0 Å². The molecular formula is C16H19N3OS2. The molecule has 0 N–H and O–H groups in total. The van der Waals surface area contributed by atoms with E-state index in [-0.39, 0.29) is 17.2 Å². The lowest BCUT2D eigenvalue weighted by atomic mass is 9.87. The van der Waals surface area contributed by atoms with E-state index in [1.54, 1.807) is 5.51 Å². The maximum atomic E-state index is 12.7. The van der Waals surface area contributed by atoms with Gasteiger partial charge in [-0.2, -0.15) is 0 Å². The number of amides is 1. The first kappa shape index (κ1) is 15.5. The Labute approximate surface area is 138 Å². The summed E-state index contributed by atoms with van der Waals surface area (Å²) < 4.78 is 0.846. The summed E-state index contributed by atoms with van der Waals surface area (Å²) in [5, 5.41) is 7.68. The Bertz CT molecular complexity index is 645. The highest BCUT2D eigenvalue weighted by atomic mass is 32.2. The Morgan fingerprint density at radius 3 is 3.05 bits per heavy atom. The van der Waals surface area contributed by atoms with Crippen LogP contribution in [0.2, 0.25) is 0 Å². The third-order valence-electron chi connectivity index (χ3n) is 4.12. The van der Waals surface area contributed by atoms with Gasteiger partial charge in [-0.3, -0.25) is 4.79 Å². The van der Waals surface area contributed by atoms with Gasteiger partial charge in [0.1, 0.15) is 5.51 Å². The summed E-state index contributed by atoms with van der Waals surface area (Å²) in [6, 6.07) is 8.67. The number of nitrogens with zero attached hydrogens (tertiary/aromatic N) is 3. The van der Waals surface area contributed by atoms with E-state index in [2.05, 4.69) is 34.5 Å². The summed E-state index contributed by atoms with van der Waals surface area (Å²) in [5.41, 5.74) is 4.38.